The van der Waals surface area contributed by atoms with Gasteiger partial charge in [-0.3, -0.25) is 0 Å². The van der Waals surface area contributed by atoms with Crippen LogP contribution in [0.1, 0.15) is 42.7 Å². The van der Waals surface area contributed by atoms with Crippen molar-refractivity contribution in [1.29, 1.82) is 0 Å². The molecule has 0 aliphatic carbocycles. The zero-order chi connectivity index (χ0) is 21.1. The Hall–Kier alpha value is -3.11. The summed E-state index contributed by atoms with van der Waals surface area (Å²) < 4.78 is 6.08. The fourth-order valence-corrected chi connectivity index (χ4v) is 4.32. The molecule has 0 spiro atoms. The van der Waals surface area contributed by atoms with Crippen molar-refractivity contribution in [2.24, 2.45) is 0 Å². The van der Waals surface area contributed by atoms with Crippen LogP contribution in [0, 0.1) is 0 Å². The van der Waals surface area contributed by atoms with Crippen molar-refractivity contribution in [2.75, 3.05) is 17.2 Å². The van der Waals surface area contributed by atoms with Crippen LogP contribution in [0.4, 0.5) is 21.9 Å². The summed E-state index contributed by atoms with van der Waals surface area (Å²) >= 11 is 2.88. The van der Waals surface area contributed by atoms with Crippen molar-refractivity contribution in [1.82, 2.24) is 20.2 Å². The summed E-state index contributed by atoms with van der Waals surface area (Å²) in [6, 6.07) is 9.92. The number of ether oxygens (including phenoxy) is 1. The van der Waals surface area contributed by atoms with Crippen LogP contribution in [0.25, 0.3) is 10.2 Å². The summed E-state index contributed by atoms with van der Waals surface area (Å²) in [5, 5.41) is 18.0. The van der Waals surface area contributed by atoms with E-state index in [9.17, 15) is 4.79 Å². The molecule has 0 aliphatic heterocycles. The van der Waals surface area contributed by atoms with E-state index in [1.807, 2.05) is 30.3 Å². The van der Waals surface area contributed by atoms with Crippen LogP contribution < -0.4 is 10.6 Å². The summed E-state index contributed by atoms with van der Waals surface area (Å²) in [6.07, 6.45) is 0. The van der Waals surface area contributed by atoms with E-state index >= 15 is 0 Å². The number of carbonyl (C=O) groups excluding carboxylic acids is 1. The second-order valence-corrected chi connectivity index (χ2v) is 8.57. The van der Waals surface area contributed by atoms with Crippen LogP contribution in [-0.2, 0) is 4.74 Å². The average Bonchev–Trinajstić information content (AvgIpc) is 3.35. The number of nitrogens with zero attached hydrogens (tertiary/aromatic N) is 4. The Morgan fingerprint density at radius 3 is 2.73 bits per heavy atom. The van der Waals surface area contributed by atoms with Gasteiger partial charge in [0.05, 0.1) is 16.8 Å². The first-order valence-corrected chi connectivity index (χ1v) is 11.1. The molecule has 8 nitrogen and oxygen atoms in total. The summed E-state index contributed by atoms with van der Waals surface area (Å²) in [4.78, 5) is 20.6. The molecule has 3 aromatic heterocycles. The van der Waals surface area contributed by atoms with Crippen LogP contribution in [0.15, 0.2) is 35.7 Å². The van der Waals surface area contributed by atoms with Gasteiger partial charge in [-0.05, 0) is 31.0 Å². The van der Waals surface area contributed by atoms with Gasteiger partial charge in [-0.2, -0.15) is 0 Å². The van der Waals surface area contributed by atoms with E-state index in [0.717, 1.165) is 20.9 Å². The van der Waals surface area contributed by atoms with Crippen LogP contribution in [0.3, 0.4) is 0 Å². The molecule has 0 radical (unpaired) electrons. The Kier molecular flexibility index (Phi) is 5.86. The van der Waals surface area contributed by atoms with Gasteiger partial charge >= 0.3 is 5.97 Å². The summed E-state index contributed by atoms with van der Waals surface area (Å²) in [7, 11) is 0. The number of para-hydroxylation sites is 1. The van der Waals surface area contributed by atoms with E-state index in [4.69, 9.17) is 4.74 Å². The highest BCUT2D eigenvalue weighted by molar-refractivity contribution is 7.22. The fraction of sp³-hybridized carbons (Fsp3) is 0.250. The number of thiazole rings is 2. The molecule has 0 fully saturated rings. The third kappa shape index (κ3) is 4.39. The summed E-state index contributed by atoms with van der Waals surface area (Å²) in [6.45, 7) is 6.25. The van der Waals surface area contributed by atoms with Gasteiger partial charge in [0.2, 0.25) is 0 Å². The standard InChI is InChI=1S/C20H20N6O2S2/c1-4-28-18(27)14-10-29-19(22-14)23-16-9-12(11(2)3)17(26-25-16)24-20-21-13-7-5-6-8-15(13)30-20/h5-11H,4H2,1-3H3,(H,21,24,26)(H,22,23,25). The lowest BCUT2D eigenvalue weighted by atomic mass is 10.1. The van der Waals surface area contributed by atoms with Crippen LogP contribution in [-0.4, -0.2) is 32.7 Å². The molecule has 10 heteroatoms. The second-order valence-electron chi connectivity index (χ2n) is 6.68. The van der Waals surface area contributed by atoms with E-state index in [2.05, 4.69) is 44.6 Å². The molecule has 0 unspecified atom stereocenters. The number of rotatable bonds is 7. The lowest BCUT2D eigenvalue weighted by Crippen LogP contribution is -2.06. The van der Waals surface area contributed by atoms with Gasteiger partial charge in [0.25, 0.3) is 0 Å². The summed E-state index contributed by atoms with van der Waals surface area (Å²) in [5.74, 6) is 0.995. The molecule has 0 amide bonds. The van der Waals surface area contributed by atoms with Crippen molar-refractivity contribution in [3.63, 3.8) is 0 Å². The van der Waals surface area contributed by atoms with Crippen molar-refractivity contribution in [3.8, 4) is 0 Å². The number of nitrogens with one attached hydrogen (secondary N) is 2. The molecule has 1 aromatic carbocycles. The number of hydrogen-bond donors (Lipinski definition) is 2. The largest absolute Gasteiger partial charge is 0.461 e. The number of anilines is 4. The van der Waals surface area contributed by atoms with Crippen LogP contribution in [0.5, 0.6) is 0 Å². The molecule has 4 rings (SSSR count). The van der Waals surface area contributed by atoms with E-state index in [1.165, 1.54) is 11.3 Å². The van der Waals surface area contributed by atoms with Gasteiger partial charge in [0.15, 0.2) is 27.6 Å². The number of benzene rings is 1. The molecule has 4 aromatic rings. The zero-order valence-corrected chi connectivity index (χ0v) is 18.3. The Morgan fingerprint density at radius 1 is 1.13 bits per heavy atom. The minimum Gasteiger partial charge on any atom is -0.461 e. The third-order valence-electron chi connectivity index (χ3n) is 4.19. The molecule has 154 valence electrons. The number of fused-ring (bicyclic) bond motifs is 1. The molecule has 0 aliphatic rings. The molecule has 0 atom stereocenters. The van der Waals surface area contributed by atoms with Gasteiger partial charge in [0.1, 0.15) is 0 Å². The number of aromatic nitrogens is 4. The second kappa shape index (κ2) is 8.72. The maximum Gasteiger partial charge on any atom is 0.357 e. The van der Waals surface area contributed by atoms with Crippen molar-refractivity contribution < 1.29 is 9.53 Å². The van der Waals surface area contributed by atoms with Crippen LogP contribution >= 0.6 is 22.7 Å². The maximum atomic E-state index is 11.8. The Balaban J connectivity index is 1.55. The SMILES string of the molecule is CCOC(=O)c1csc(Nc2cc(C(C)C)c(Nc3nc4ccccc4s3)nn2)n1. The van der Waals surface area contributed by atoms with E-state index in [1.54, 1.807) is 23.6 Å². The van der Waals surface area contributed by atoms with Gasteiger partial charge < -0.3 is 15.4 Å². The smallest absolute Gasteiger partial charge is 0.357 e. The number of hydrogen-bond acceptors (Lipinski definition) is 10. The van der Waals surface area contributed by atoms with Crippen molar-refractivity contribution in [2.45, 2.75) is 26.7 Å². The van der Waals surface area contributed by atoms with E-state index < -0.39 is 5.97 Å². The van der Waals surface area contributed by atoms with Crippen molar-refractivity contribution >= 4 is 60.8 Å². The topological polar surface area (TPSA) is 102 Å². The Morgan fingerprint density at radius 2 is 1.97 bits per heavy atom. The first-order valence-electron chi connectivity index (χ1n) is 9.43. The lowest BCUT2D eigenvalue weighted by molar-refractivity contribution is 0.0520. The Labute approximate surface area is 181 Å². The minimum atomic E-state index is -0.439. The highest BCUT2D eigenvalue weighted by atomic mass is 32.1. The zero-order valence-electron chi connectivity index (χ0n) is 16.7. The molecule has 2 N–H and O–H groups in total. The highest BCUT2D eigenvalue weighted by Gasteiger charge is 2.15. The summed E-state index contributed by atoms with van der Waals surface area (Å²) in [5.41, 5.74) is 2.22. The predicted molar refractivity (Wildman–Crippen MR) is 120 cm³/mol. The van der Waals surface area contributed by atoms with E-state index in [-0.39, 0.29) is 11.6 Å². The average molecular weight is 441 g/mol. The molecule has 0 saturated heterocycles. The monoisotopic (exact) mass is 440 g/mol. The molecule has 30 heavy (non-hydrogen) atoms. The van der Waals surface area contributed by atoms with E-state index in [0.29, 0.717) is 23.4 Å². The maximum absolute atomic E-state index is 11.8. The van der Waals surface area contributed by atoms with Gasteiger partial charge in [0, 0.05) is 10.9 Å². The van der Waals surface area contributed by atoms with Gasteiger partial charge in [-0.25, -0.2) is 14.8 Å². The molecule has 0 bridgehead atoms. The lowest BCUT2D eigenvalue weighted by Gasteiger charge is -2.13. The first kappa shape index (κ1) is 20.2. The quantitative estimate of drug-likeness (QED) is 0.372. The molecular weight excluding hydrogens is 420 g/mol. The Bertz CT molecular complexity index is 1150. The van der Waals surface area contributed by atoms with Crippen LogP contribution in [0.2, 0.25) is 0 Å². The minimum absolute atomic E-state index is 0.212. The molecule has 0 saturated carbocycles. The molecular formula is C20H20N6O2S2. The normalized spacial score (nSPS) is 11.1. The highest BCUT2D eigenvalue weighted by Crippen LogP contribution is 2.31. The fourth-order valence-electron chi connectivity index (χ4n) is 2.77. The first-order chi connectivity index (χ1) is 14.5. The number of esters is 1. The number of carbonyl (C=O) groups is 1. The molecule has 3 heterocycles. The van der Waals surface area contributed by atoms with Gasteiger partial charge in [-0.1, -0.05) is 37.3 Å². The van der Waals surface area contributed by atoms with Gasteiger partial charge in [-0.15, -0.1) is 21.5 Å². The van der Waals surface area contributed by atoms with Crippen molar-refractivity contribution in [3.05, 3.63) is 47.0 Å². The predicted octanol–water partition coefficient (Wildman–Crippen LogP) is 5.33. The third-order valence-corrected chi connectivity index (χ3v) is 5.90.